The van der Waals surface area contributed by atoms with Crippen LogP contribution in [-0.2, 0) is 9.53 Å². The molecule has 2 unspecified atom stereocenters. The molecular formula is C15H26N2O2. The zero-order valence-electron chi connectivity index (χ0n) is 12.4. The highest BCUT2D eigenvalue weighted by atomic mass is 16.5. The van der Waals surface area contributed by atoms with Gasteiger partial charge in [0, 0.05) is 32.3 Å². The highest BCUT2D eigenvalue weighted by Gasteiger charge is 2.52. The molecule has 3 rings (SSSR count). The minimum Gasteiger partial charge on any atom is -0.378 e. The van der Waals surface area contributed by atoms with Crippen LogP contribution in [0.4, 0.5) is 0 Å². The van der Waals surface area contributed by atoms with Gasteiger partial charge in [-0.3, -0.25) is 4.79 Å². The number of methoxy groups -OCH3 is 1. The molecule has 0 aromatic carbocycles. The lowest BCUT2D eigenvalue weighted by atomic mass is 9.77. The molecule has 0 radical (unpaired) electrons. The fourth-order valence-corrected chi connectivity index (χ4v) is 4.24. The molecule has 0 aromatic heterocycles. The van der Waals surface area contributed by atoms with E-state index in [2.05, 4.69) is 24.1 Å². The molecule has 3 fully saturated rings. The number of rotatable bonds is 3. The Morgan fingerprint density at radius 2 is 2.11 bits per heavy atom. The molecule has 4 nitrogen and oxygen atoms in total. The lowest BCUT2D eigenvalue weighted by Crippen LogP contribution is -2.51. The molecule has 0 spiro atoms. The number of carbonyl (C=O) groups is 1. The first-order valence-corrected chi connectivity index (χ1v) is 7.55. The Balaban J connectivity index is 1.70. The summed E-state index contributed by atoms with van der Waals surface area (Å²) in [6.45, 7) is 7.49. The third kappa shape index (κ3) is 2.00. The van der Waals surface area contributed by atoms with Crippen molar-refractivity contribution in [1.29, 1.82) is 0 Å². The maximum Gasteiger partial charge on any atom is 0.225 e. The van der Waals surface area contributed by atoms with Gasteiger partial charge in [-0.2, -0.15) is 0 Å². The van der Waals surface area contributed by atoms with Crippen LogP contribution in [0.2, 0.25) is 0 Å². The van der Waals surface area contributed by atoms with Crippen LogP contribution in [0.3, 0.4) is 0 Å². The van der Waals surface area contributed by atoms with Gasteiger partial charge in [0.15, 0.2) is 0 Å². The standard InChI is InChI=1S/C15H26N2O2/c1-14(2)12-9-16-8-11(12)10-17(14)13(18)7-15(19-3)5-4-6-15/h11-12,16H,4-10H2,1-3H3. The Morgan fingerprint density at radius 1 is 1.37 bits per heavy atom. The number of nitrogens with zero attached hydrogens (tertiary/aromatic N) is 1. The molecule has 2 heterocycles. The van der Waals surface area contributed by atoms with Crippen molar-refractivity contribution in [2.45, 2.75) is 50.7 Å². The normalized spacial score (nSPS) is 35.0. The lowest BCUT2D eigenvalue weighted by Gasteiger charge is -2.43. The van der Waals surface area contributed by atoms with Crippen molar-refractivity contribution in [2.24, 2.45) is 11.8 Å². The summed E-state index contributed by atoms with van der Waals surface area (Å²) >= 11 is 0. The van der Waals surface area contributed by atoms with Crippen molar-refractivity contribution in [1.82, 2.24) is 10.2 Å². The number of hydrogen-bond acceptors (Lipinski definition) is 3. The average molecular weight is 266 g/mol. The van der Waals surface area contributed by atoms with Crippen LogP contribution in [0.5, 0.6) is 0 Å². The summed E-state index contributed by atoms with van der Waals surface area (Å²) in [6.07, 6.45) is 3.84. The van der Waals surface area contributed by atoms with E-state index in [-0.39, 0.29) is 11.1 Å². The number of hydrogen-bond donors (Lipinski definition) is 1. The van der Waals surface area contributed by atoms with Crippen LogP contribution in [0.1, 0.15) is 39.5 Å². The summed E-state index contributed by atoms with van der Waals surface area (Å²) in [7, 11) is 1.75. The summed E-state index contributed by atoms with van der Waals surface area (Å²) < 4.78 is 5.61. The van der Waals surface area contributed by atoms with Crippen LogP contribution >= 0.6 is 0 Å². The fraction of sp³-hybridized carbons (Fsp3) is 0.933. The summed E-state index contributed by atoms with van der Waals surface area (Å²) in [5, 5.41) is 3.46. The van der Waals surface area contributed by atoms with Crippen molar-refractivity contribution in [2.75, 3.05) is 26.7 Å². The van der Waals surface area contributed by atoms with Gasteiger partial charge in [0.2, 0.25) is 5.91 Å². The van der Waals surface area contributed by atoms with E-state index in [1.807, 2.05) is 0 Å². The van der Waals surface area contributed by atoms with Crippen molar-refractivity contribution >= 4 is 5.91 Å². The van der Waals surface area contributed by atoms with E-state index in [0.717, 1.165) is 32.5 Å². The van der Waals surface area contributed by atoms with E-state index in [1.54, 1.807) is 7.11 Å². The van der Waals surface area contributed by atoms with E-state index in [9.17, 15) is 4.79 Å². The van der Waals surface area contributed by atoms with Crippen LogP contribution < -0.4 is 5.32 Å². The third-order valence-electron chi connectivity index (χ3n) is 5.83. The maximum atomic E-state index is 12.7. The molecule has 0 bridgehead atoms. The van der Waals surface area contributed by atoms with Gasteiger partial charge in [-0.15, -0.1) is 0 Å². The number of fused-ring (bicyclic) bond motifs is 1. The Kier molecular flexibility index (Phi) is 3.13. The van der Waals surface area contributed by atoms with E-state index < -0.39 is 0 Å². The summed E-state index contributed by atoms with van der Waals surface area (Å²) in [5.74, 6) is 1.54. The van der Waals surface area contributed by atoms with Crippen LogP contribution in [-0.4, -0.2) is 48.7 Å². The van der Waals surface area contributed by atoms with E-state index in [4.69, 9.17) is 4.74 Å². The number of carbonyl (C=O) groups excluding carboxylic acids is 1. The molecule has 108 valence electrons. The largest absolute Gasteiger partial charge is 0.378 e. The van der Waals surface area contributed by atoms with E-state index in [1.165, 1.54) is 6.42 Å². The molecule has 1 saturated carbocycles. The summed E-state index contributed by atoms with van der Waals surface area (Å²) in [6, 6.07) is 0. The maximum absolute atomic E-state index is 12.7. The predicted octanol–water partition coefficient (Wildman–Crippen LogP) is 1.40. The van der Waals surface area contributed by atoms with Crippen LogP contribution in [0.25, 0.3) is 0 Å². The third-order valence-corrected chi connectivity index (χ3v) is 5.83. The Hall–Kier alpha value is -0.610. The van der Waals surface area contributed by atoms with E-state index in [0.29, 0.717) is 24.2 Å². The van der Waals surface area contributed by atoms with Gasteiger partial charge < -0.3 is 15.0 Å². The number of amides is 1. The molecule has 2 atom stereocenters. The Bertz CT molecular complexity index is 371. The molecule has 1 N–H and O–H groups in total. The second-order valence-electron chi connectivity index (χ2n) is 7.10. The van der Waals surface area contributed by atoms with Crippen LogP contribution in [0, 0.1) is 11.8 Å². The fourth-order valence-electron chi connectivity index (χ4n) is 4.24. The minimum atomic E-state index is -0.150. The molecule has 1 amide bonds. The van der Waals surface area contributed by atoms with Crippen molar-refractivity contribution in [3.8, 4) is 0 Å². The van der Waals surface area contributed by atoms with Gasteiger partial charge in [0.25, 0.3) is 0 Å². The predicted molar refractivity (Wildman–Crippen MR) is 73.8 cm³/mol. The quantitative estimate of drug-likeness (QED) is 0.839. The van der Waals surface area contributed by atoms with Crippen LogP contribution in [0.15, 0.2) is 0 Å². The molecule has 1 aliphatic carbocycles. The van der Waals surface area contributed by atoms with Gasteiger partial charge in [-0.1, -0.05) is 0 Å². The Morgan fingerprint density at radius 3 is 2.63 bits per heavy atom. The number of likely N-dealkylation sites (tertiary alicyclic amines) is 1. The first-order valence-electron chi connectivity index (χ1n) is 7.55. The Labute approximate surface area is 115 Å². The second kappa shape index (κ2) is 4.45. The number of nitrogens with one attached hydrogen (secondary N) is 1. The van der Waals surface area contributed by atoms with Gasteiger partial charge in [-0.25, -0.2) is 0 Å². The van der Waals surface area contributed by atoms with Crippen molar-refractivity contribution in [3.05, 3.63) is 0 Å². The minimum absolute atomic E-state index is 0.00999. The lowest BCUT2D eigenvalue weighted by molar-refractivity contribution is -0.147. The molecule has 2 saturated heterocycles. The molecule has 4 heteroatoms. The molecule has 0 aromatic rings. The van der Waals surface area contributed by atoms with Crippen molar-refractivity contribution in [3.63, 3.8) is 0 Å². The summed E-state index contributed by atoms with van der Waals surface area (Å²) in [5.41, 5.74) is -0.160. The number of ether oxygens (including phenoxy) is 1. The zero-order valence-corrected chi connectivity index (χ0v) is 12.4. The smallest absolute Gasteiger partial charge is 0.225 e. The first-order chi connectivity index (χ1) is 8.98. The molecular weight excluding hydrogens is 240 g/mol. The first kappa shape index (κ1) is 13.4. The SMILES string of the molecule is COC1(CC(=O)N2CC3CNCC3C2(C)C)CCC1. The highest BCUT2D eigenvalue weighted by molar-refractivity contribution is 5.78. The highest BCUT2D eigenvalue weighted by Crippen LogP contribution is 2.43. The molecule has 2 aliphatic heterocycles. The van der Waals surface area contributed by atoms with Crippen molar-refractivity contribution < 1.29 is 9.53 Å². The van der Waals surface area contributed by atoms with Gasteiger partial charge in [0.1, 0.15) is 0 Å². The second-order valence-corrected chi connectivity index (χ2v) is 7.10. The zero-order chi connectivity index (χ0) is 13.7. The van der Waals surface area contributed by atoms with Gasteiger partial charge in [-0.05, 0) is 44.9 Å². The average Bonchev–Trinajstić information content (AvgIpc) is 2.86. The molecule has 3 aliphatic rings. The molecule has 19 heavy (non-hydrogen) atoms. The monoisotopic (exact) mass is 266 g/mol. The summed E-state index contributed by atoms with van der Waals surface area (Å²) in [4.78, 5) is 14.8. The van der Waals surface area contributed by atoms with Gasteiger partial charge >= 0.3 is 0 Å². The van der Waals surface area contributed by atoms with E-state index >= 15 is 0 Å². The van der Waals surface area contributed by atoms with Gasteiger partial charge in [0.05, 0.1) is 12.0 Å². The topological polar surface area (TPSA) is 41.6 Å².